The number of nitrogens with one attached hydrogen (secondary N) is 1. The average Bonchev–Trinajstić information content (AvgIpc) is 1.94. The Bertz CT molecular complexity index is 215. The van der Waals surface area contributed by atoms with E-state index in [4.69, 9.17) is 0 Å². The second-order valence-electron chi connectivity index (χ2n) is 1.89. The monoisotopic (exact) mass is 171 g/mol. The van der Waals surface area contributed by atoms with Gasteiger partial charge in [0.2, 0.25) is 0 Å². The third-order valence-corrected chi connectivity index (χ3v) is 2.07. The molecule has 0 amide bonds. The van der Waals surface area contributed by atoms with Crippen LogP contribution < -0.4 is 5.09 Å². The smallest absolute Gasteiger partial charge is 0.0506 e. The summed E-state index contributed by atoms with van der Waals surface area (Å²) in [5.74, 6) is 0. The first-order valence-electron chi connectivity index (χ1n) is 3.05. The van der Waals surface area contributed by atoms with E-state index in [0.717, 1.165) is 19.3 Å². The first-order valence-corrected chi connectivity index (χ1v) is 5.00. The van der Waals surface area contributed by atoms with Gasteiger partial charge in [-0.2, -0.15) is 0 Å². The molecule has 1 unspecified atom stereocenters. The highest BCUT2D eigenvalue weighted by Crippen LogP contribution is 2.22. The Hall–Kier alpha value is -0.200. The summed E-state index contributed by atoms with van der Waals surface area (Å²) in [6, 6.07) is 7.99. The molecule has 10 heavy (non-hydrogen) atoms. The van der Waals surface area contributed by atoms with Crippen molar-refractivity contribution in [1.29, 1.82) is 0 Å². The third kappa shape index (κ3) is 1.89. The first kappa shape index (κ1) is 7.90. The van der Waals surface area contributed by atoms with Crippen molar-refractivity contribution < 1.29 is 0 Å². The molecule has 0 saturated heterocycles. The maximum atomic E-state index is 4.27. The minimum atomic E-state index is 0.733. The van der Waals surface area contributed by atoms with Gasteiger partial charge in [-0.15, -0.1) is 12.6 Å². The molecule has 0 fully saturated rings. The first-order chi connectivity index (χ1) is 4.84. The van der Waals surface area contributed by atoms with Crippen LogP contribution in [0.3, 0.4) is 0 Å². The fraction of sp³-hybridized carbons (Fsp3) is 0.143. The predicted molar refractivity (Wildman–Crippen MR) is 51.6 cm³/mol. The zero-order valence-electron chi connectivity index (χ0n) is 5.76. The third-order valence-electron chi connectivity index (χ3n) is 1.16. The summed E-state index contributed by atoms with van der Waals surface area (Å²) in [6.45, 7) is 2.10. The van der Waals surface area contributed by atoms with Gasteiger partial charge in [-0.3, -0.25) is 0 Å². The molecule has 0 bridgehead atoms. The highest BCUT2D eigenvalue weighted by atomic mass is 32.1. The standard InChI is InChI=1S/C7H10NPS/c1-9-8-6-4-2-3-5-7(6)10/h2-5,8-10H,1H3. The van der Waals surface area contributed by atoms with Crippen molar-refractivity contribution in [2.75, 3.05) is 11.8 Å². The number of rotatable bonds is 2. The minimum Gasteiger partial charge on any atom is -0.366 e. The van der Waals surface area contributed by atoms with Crippen LogP contribution in [0, 0.1) is 0 Å². The van der Waals surface area contributed by atoms with E-state index in [2.05, 4.69) is 24.4 Å². The van der Waals surface area contributed by atoms with Crippen LogP contribution in [0.4, 0.5) is 5.69 Å². The van der Waals surface area contributed by atoms with Crippen LogP contribution in [0.5, 0.6) is 0 Å². The topological polar surface area (TPSA) is 12.0 Å². The molecule has 0 aliphatic carbocycles. The van der Waals surface area contributed by atoms with Gasteiger partial charge in [0.1, 0.15) is 0 Å². The lowest BCUT2D eigenvalue weighted by molar-refractivity contribution is 1.47. The second kappa shape index (κ2) is 3.85. The highest BCUT2D eigenvalue weighted by Gasteiger charge is 1.91. The van der Waals surface area contributed by atoms with E-state index in [-0.39, 0.29) is 0 Å². The molecule has 1 atom stereocenters. The Balaban J connectivity index is 2.81. The summed E-state index contributed by atoms with van der Waals surface area (Å²) in [5, 5.41) is 3.23. The molecule has 3 heteroatoms. The molecule has 1 N–H and O–H groups in total. The number of hydrogen-bond donors (Lipinski definition) is 2. The SMILES string of the molecule is CPNc1ccccc1S. The van der Waals surface area contributed by atoms with Crippen molar-refractivity contribution in [2.45, 2.75) is 4.90 Å². The Morgan fingerprint density at radius 3 is 2.70 bits per heavy atom. The predicted octanol–water partition coefficient (Wildman–Crippen LogP) is 2.61. The molecule has 0 heterocycles. The van der Waals surface area contributed by atoms with E-state index in [9.17, 15) is 0 Å². The minimum absolute atomic E-state index is 0.733. The largest absolute Gasteiger partial charge is 0.366 e. The molecular weight excluding hydrogens is 161 g/mol. The summed E-state index contributed by atoms with van der Waals surface area (Å²) in [7, 11) is 0.733. The van der Waals surface area contributed by atoms with Crippen molar-refractivity contribution in [2.24, 2.45) is 0 Å². The van der Waals surface area contributed by atoms with E-state index < -0.39 is 0 Å². The summed E-state index contributed by atoms with van der Waals surface area (Å²) >= 11 is 4.27. The van der Waals surface area contributed by atoms with Gasteiger partial charge < -0.3 is 5.09 Å². The van der Waals surface area contributed by atoms with Gasteiger partial charge in [0.25, 0.3) is 0 Å². The van der Waals surface area contributed by atoms with Gasteiger partial charge in [-0.25, -0.2) is 0 Å². The maximum absolute atomic E-state index is 4.27. The van der Waals surface area contributed by atoms with Crippen LogP contribution in [0.25, 0.3) is 0 Å². The molecule has 0 aliphatic heterocycles. The molecule has 0 radical (unpaired) electrons. The van der Waals surface area contributed by atoms with E-state index in [1.54, 1.807) is 0 Å². The number of anilines is 1. The van der Waals surface area contributed by atoms with Gasteiger partial charge >= 0.3 is 0 Å². The van der Waals surface area contributed by atoms with Crippen molar-refractivity contribution >= 4 is 27.0 Å². The van der Waals surface area contributed by atoms with E-state index in [1.165, 1.54) is 0 Å². The molecule has 1 nitrogen and oxygen atoms in total. The van der Waals surface area contributed by atoms with Crippen LogP contribution in [0.15, 0.2) is 29.2 Å². The average molecular weight is 171 g/mol. The Kier molecular flexibility index (Phi) is 3.04. The number of thiol groups is 1. The fourth-order valence-corrected chi connectivity index (χ4v) is 1.52. The molecule has 1 aromatic rings. The fourth-order valence-electron chi connectivity index (χ4n) is 0.714. The number of para-hydroxylation sites is 1. The zero-order valence-corrected chi connectivity index (χ0v) is 7.65. The molecule has 0 spiro atoms. The summed E-state index contributed by atoms with van der Waals surface area (Å²) in [5.41, 5.74) is 1.12. The van der Waals surface area contributed by atoms with Gasteiger partial charge in [0, 0.05) is 4.90 Å². The maximum Gasteiger partial charge on any atom is 0.0506 e. The van der Waals surface area contributed by atoms with Gasteiger partial charge in [-0.1, -0.05) is 12.1 Å². The normalized spacial score (nSPS) is 10.6. The highest BCUT2D eigenvalue weighted by molar-refractivity contribution is 7.80. The van der Waals surface area contributed by atoms with Crippen molar-refractivity contribution in [3.63, 3.8) is 0 Å². The van der Waals surface area contributed by atoms with Crippen LogP contribution >= 0.6 is 21.4 Å². The lowest BCUT2D eigenvalue weighted by Gasteiger charge is -2.03. The molecule has 1 aromatic carbocycles. The summed E-state index contributed by atoms with van der Waals surface area (Å²) in [6.07, 6.45) is 0. The lowest BCUT2D eigenvalue weighted by atomic mass is 10.3. The molecule has 0 aromatic heterocycles. The van der Waals surface area contributed by atoms with Crippen molar-refractivity contribution in [3.8, 4) is 0 Å². The Morgan fingerprint density at radius 2 is 2.10 bits per heavy atom. The molecule has 0 aliphatic rings. The second-order valence-corrected chi connectivity index (χ2v) is 3.12. The van der Waals surface area contributed by atoms with Gasteiger partial charge in [0.15, 0.2) is 0 Å². The quantitative estimate of drug-likeness (QED) is 0.515. The van der Waals surface area contributed by atoms with E-state index >= 15 is 0 Å². The number of hydrogen-bond acceptors (Lipinski definition) is 2. The van der Waals surface area contributed by atoms with E-state index in [1.807, 2.05) is 24.3 Å². The van der Waals surface area contributed by atoms with Crippen LogP contribution in [0.1, 0.15) is 0 Å². The lowest BCUT2D eigenvalue weighted by Crippen LogP contribution is -1.82. The van der Waals surface area contributed by atoms with Crippen LogP contribution in [-0.4, -0.2) is 6.66 Å². The van der Waals surface area contributed by atoms with Crippen molar-refractivity contribution in [1.82, 2.24) is 0 Å². The molecule has 54 valence electrons. The zero-order chi connectivity index (χ0) is 7.40. The van der Waals surface area contributed by atoms with Gasteiger partial charge in [-0.05, 0) is 27.5 Å². The number of benzene rings is 1. The molecule has 1 rings (SSSR count). The Morgan fingerprint density at radius 1 is 1.40 bits per heavy atom. The molecule has 0 saturated carbocycles. The van der Waals surface area contributed by atoms with Crippen LogP contribution in [0.2, 0.25) is 0 Å². The van der Waals surface area contributed by atoms with Crippen LogP contribution in [-0.2, 0) is 0 Å². The van der Waals surface area contributed by atoms with Crippen molar-refractivity contribution in [3.05, 3.63) is 24.3 Å². The van der Waals surface area contributed by atoms with E-state index in [0.29, 0.717) is 0 Å². The van der Waals surface area contributed by atoms with Gasteiger partial charge in [0.05, 0.1) is 5.69 Å². The molecular formula is C7H10NPS. The summed E-state index contributed by atoms with van der Waals surface area (Å²) in [4.78, 5) is 1.01. The Labute approximate surface area is 68.5 Å². The summed E-state index contributed by atoms with van der Waals surface area (Å²) < 4.78 is 0.